The van der Waals surface area contributed by atoms with Gasteiger partial charge in [0.15, 0.2) is 0 Å². The van der Waals surface area contributed by atoms with Crippen LogP contribution in [0.15, 0.2) is 77.0 Å². The van der Waals surface area contributed by atoms with Crippen LogP contribution in [0.2, 0.25) is 0 Å². The van der Waals surface area contributed by atoms with Gasteiger partial charge < -0.3 is 11.2 Å². The van der Waals surface area contributed by atoms with Gasteiger partial charge in [0.05, 0.1) is 16.9 Å². The smallest absolute Gasteiger partial charge is 0.269 e. The Bertz CT molecular complexity index is 1330. The molecule has 1 heterocycles. The molecule has 0 spiro atoms. The van der Waals surface area contributed by atoms with E-state index in [0.29, 0.717) is 10.7 Å². The third-order valence-corrected chi connectivity index (χ3v) is 5.49. The molecule has 0 aliphatic carbocycles. The van der Waals surface area contributed by atoms with Crippen LogP contribution in [0.3, 0.4) is 0 Å². The van der Waals surface area contributed by atoms with E-state index < -0.39 is 4.92 Å². The van der Waals surface area contributed by atoms with Crippen LogP contribution in [-0.4, -0.2) is 37.7 Å². The minimum Gasteiger partial charge on any atom is -0.334 e. The standard InChI is InChI=1S/C21H18N8O3S/c22-28-20(25-23-12-14-8-10-16(11-9-14)29(31)32)26-27-21(28)33-13-19(30)24-18-7-3-5-15-4-1-2-6-17(15)18/h1-12H,13,22H2,(H,24,30)(H,25,26)/b23-12+. The lowest BCUT2D eigenvalue weighted by Crippen LogP contribution is -2.17. The minimum atomic E-state index is -0.475. The van der Waals surface area contributed by atoms with Gasteiger partial charge in [-0.1, -0.05) is 48.2 Å². The molecule has 1 aromatic heterocycles. The Kier molecular flexibility index (Phi) is 6.45. The van der Waals surface area contributed by atoms with Crippen LogP contribution in [0.25, 0.3) is 10.8 Å². The summed E-state index contributed by atoms with van der Waals surface area (Å²) >= 11 is 1.13. The van der Waals surface area contributed by atoms with Crippen LogP contribution in [0.5, 0.6) is 0 Å². The summed E-state index contributed by atoms with van der Waals surface area (Å²) in [5.41, 5.74) is 4.03. The number of aromatic nitrogens is 3. The second kappa shape index (κ2) is 9.78. The van der Waals surface area contributed by atoms with Gasteiger partial charge in [-0.3, -0.25) is 14.9 Å². The Morgan fingerprint density at radius 3 is 2.67 bits per heavy atom. The number of nitro groups is 1. The lowest BCUT2D eigenvalue weighted by molar-refractivity contribution is -0.384. The SMILES string of the molecule is Nn1c(N/N=C/c2ccc([N+](=O)[O-])cc2)nnc1SCC(=O)Nc1cccc2ccccc12. The third kappa shape index (κ3) is 5.25. The van der Waals surface area contributed by atoms with Crippen LogP contribution in [-0.2, 0) is 4.79 Å². The summed E-state index contributed by atoms with van der Waals surface area (Å²) in [7, 11) is 0. The van der Waals surface area contributed by atoms with E-state index in [-0.39, 0.29) is 23.3 Å². The number of nitrogens with one attached hydrogen (secondary N) is 2. The quantitative estimate of drug-likeness (QED) is 0.119. The highest BCUT2D eigenvalue weighted by atomic mass is 32.2. The predicted molar refractivity (Wildman–Crippen MR) is 128 cm³/mol. The van der Waals surface area contributed by atoms with Crippen LogP contribution >= 0.6 is 11.8 Å². The number of amides is 1. The van der Waals surface area contributed by atoms with Gasteiger partial charge in [-0.25, -0.2) is 10.1 Å². The maximum Gasteiger partial charge on any atom is 0.269 e. The van der Waals surface area contributed by atoms with Gasteiger partial charge in [-0.2, -0.15) is 5.10 Å². The number of nitro benzene ring substituents is 1. The second-order valence-electron chi connectivity index (χ2n) is 6.76. The van der Waals surface area contributed by atoms with Crippen molar-refractivity contribution in [3.63, 3.8) is 0 Å². The van der Waals surface area contributed by atoms with E-state index in [1.165, 1.54) is 23.0 Å². The average molecular weight is 462 g/mol. The maximum atomic E-state index is 12.4. The van der Waals surface area contributed by atoms with E-state index in [2.05, 4.69) is 26.0 Å². The number of thioether (sulfide) groups is 1. The molecule has 0 radical (unpaired) electrons. The average Bonchev–Trinajstić information content (AvgIpc) is 3.17. The molecule has 4 N–H and O–H groups in total. The first-order valence-corrected chi connectivity index (χ1v) is 10.6. The summed E-state index contributed by atoms with van der Waals surface area (Å²) in [6, 6.07) is 19.4. The number of carbonyl (C=O) groups is 1. The molecule has 0 aliphatic heterocycles. The lowest BCUT2D eigenvalue weighted by atomic mass is 10.1. The van der Waals surface area contributed by atoms with Crippen molar-refractivity contribution >= 4 is 52.0 Å². The van der Waals surface area contributed by atoms with Crippen LogP contribution in [0.4, 0.5) is 17.3 Å². The van der Waals surface area contributed by atoms with Gasteiger partial charge in [0, 0.05) is 23.2 Å². The highest BCUT2D eigenvalue weighted by Gasteiger charge is 2.13. The van der Waals surface area contributed by atoms with Crippen molar-refractivity contribution in [1.29, 1.82) is 0 Å². The molecule has 11 nitrogen and oxygen atoms in total. The molecule has 4 rings (SSSR count). The zero-order valence-corrected chi connectivity index (χ0v) is 17.9. The van der Waals surface area contributed by atoms with Crippen molar-refractivity contribution in [2.45, 2.75) is 5.16 Å². The van der Waals surface area contributed by atoms with Gasteiger partial charge in [0.1, 0.15) is 0 Å². The van der Waals surface area contributed by atoms with Gasteiger partial charge in [0.25, 0.3) is 11.6 Å². The number of hydrazone groups is 1. The first-order valence-electron chi connectivity index (χ1n) is 9.66. The van der Waals surface area contributed by atoms with E-state index in [0.717, 1.165) is 28.2 Å². The van der Waals surface area contributed by atoms with Crippen molar-refractivity contribution in [3.05, 3.63) is 82.4 Å². The van der Waals surface area contributed by atoms with E-state index in [9.17, 15) is 14.9 Å². The van der Waals surface area contributed by atoms with Crippen molar-refractivity contribution in [3.8, 4) is 0 Å². The lowest BCUT2D eigenvalue weighted by Gasteiger charge is -2.08. The highest BCUT2D eigenvalue weighted by molar-refractivity contribution is 7.99. The van der Waals surface area contributed by atoms with Gasteiger partial charge in [-0.05, 0) is 29.1 Å². The number of hydrogen-bond acceptors (Lipinski definition) is 9. The summed E-state index contributed by atoms with van der Waals surface area (Å²) in [5, 5.41) is 27.8. The minimum absolute atomic E-state index is 0.00651. The zero-order valence-electron chi connectivity index (χ0n) is 17.1. The maximum absolute atomic E-state index is 12.4. The zero-order chi connectivity index (χ0) is 23.2. The van der Waals surface area contributed by atoms with Crippen LogP contribution in [0.1, 0.15) is 5.56 Å². The van der Waals surface area contributed by atoms with Crippen molar-refractivity contribution < 1.29 is 9.72 Å². The number of carbonyl (C=O) groups excluding carboxylic acids is 1. The summed E-state index contributed by atoms with van der Waals surface area (Å²) in [6.07, 6.45) is 1.46. The second-order valence-corrected chi connectivity index (χ2v) is 7.70. The number of nitrogens with two attached hydrogens (primary N) is 1. The number of anilines is 2. The number of benzene rings is 3. The molecule has 0 saturated carbocycles. The Morgan fingerprint density at radius 2 is 1.88 bits per heavy atom. The predicted octanol–water partition coefficient (Wildman–Crippen LogP) is 3.23. The fourth-order valence-electron chi connectivity index (χ4n) is 2.95. The third-order valence-electron chi connectivity index (χ3n) is 4.54. The Balaban J connectivity index is 1.33. The summed E-state index contributed by atoms with van der Waals surface area (Å²) < 4.78 is 1.18. The number of nitrogen functional groups attached to an aromatic ring is 1. The molecule has 0 unspecified atom stereocenters. The van der Waals surface area contributed by atoms with Crippen molar-refractivity contribution in [1.82, 2.24) is 14.9 Å². The molecule has 0 aliphatic rings. The first-order chi connectivity index (χ1) is 16.0. The van der Waals surface area contributed by atoms with E-state index in [4.69, 9.17) is 5.84 Å². The molecular formula is C21H18N8O3S. The molecule has 0 bridgehead atoms. The van der Waals surface area contributed by atoms with E-state index in [1.807, 2.05) is 42.5 Å². The van der Waals surface area contributed by atoms with E-state index >= 15 is 0 Å². The largest absolute Gasteiger partial charge is 0.334 e. The molecule has 0 fully saturated rings. The molecule has 4 aromatic rings. The molecule has 12 heteroatoms. The van der Waals surface area contributed by atoms with Crippen molar-refractivity contribution in [2.75, 3.05) is 22.3 Å². The number of nitrogens with zero attached hydrogens (tertiary/aromatic N) is 5. The first kappa shape index (κ1) is 21.8. The van der Waals surface area contributed by atoms with E-state index in [1.54, 1.807) is 12.1 Å². The van der Waals surface area contributed by atoms with Gasteiger partial charge in [-0.15, -0.1) is 10.2 Å². The molecule has 1 amide bonds. The molecule has 0 saturated heterocycles. The normalized spacial score (nSPS) is 11.0. The van der Waals surface area contributed by atoms with Gasteiger partial charge >= 0.3 is 0 Å². The highest BCUT2D eigenvalue weighted by Crippen LogP contribution is 2.24. The van der Waals surface area contributed by atoms with Crippen molar-refractivity contribution in [2.24, 2.45) is 5.10 Å². The summed E-state index contributed by atoms with van der Waals surface area (Å²) in [6.45, 7) is 0. The monoisotopic (exact) mass is 462 g/mol. The molecule has 0 atom stereocenters. The fourth-order valence-corrected chi connectivity index (χ4v) is 3.61. The Hall–Kier alpha value is -4.45. The fraction of sp³-hybridized carbons (Fsp3) is 0.0476. The molecule has 33 heavy (non-hydrogen) atoms. The van der Waals surface area contributed by atoms with Gasteiger partial charge in [0.2, 0.25) is 11.1 Å². The number of fused-ring (bicyclic) bond motifs is 1. The van der Waals surface area contributed by atoms with Crippen LogP contribution in [0, 0.1) is 10.1 Å². The Morgan fingerprint density at radius 1 is 1.12 bits per heavy atom. The topological polar surface area (TPSA) is 153 Å². The number of non-ortho nitro benzene ring substituents is 1. The number of rotatable bonds is 8. The van der Waals surface area contributed by atoms with Crippen LogP contribution < -0.4 is 16.6 Å². The molecule has 3 aromatic carbocycles. The Labute approximate surface area is 191 Å². The molecule has 166 valence electrons. The summed E-state index contributed by atoms with van der Waals surface area (Å²) in [5.74, 6) is 6.03. The number of hydrogen-bond donors (Lipinski definition) is 3. The summed E-state index contributed by atoms with van der Waals surface area (Å²) in [4.78, 5) is 22.6. The molecular weight excluding hydrogens is 444 g/mol.